The molecule has 2 nitrogen and oxygen atoms in total. The molecule has 0 rings (SSSR count). The number of esters is 1. The van der Waals surface area contributed by atoms with Gasteiger partial charge in [0.2, 0.25) is 0 Å². The van der Waals surface area contributed by atoms with E-state index in [2.05, 4.69) is 0 Å². The second-order valence-corrected chi connectivity index (χ2v) is 2.66. The highest BCUT2D eigenvalue weighted by Gasteiger charge is 1.99. The van der Waals surface area contributed by atoms with Gasteiger partial charge >= 0.3 is 5.97 Å². The van der Waals surface area contributed by atoms with Crippen LogP contribution in [0, 0.1) is 0 Å². The molecule has 0 atom stereocenters. The molecular weight excluding hydrogens is 159 g/mol. The normalized spacial score (nSPS) is 9.83. The van der Waals surface area contributed by atoms with Crippen molar-refractivity contribution in [3.05, 3.63) is 0 Å². The number of unbranched alkanes of at least 4 members (excludes halogenated alkanes) is 3. The SMILES string of the molecule is CCOC(=O)CCCCCCF. The lowest BCUT2D eigenvalue weighted by Crippen LogP contribution is -2.03. The number of carbonyl (C=O) groups is 1. The van der Waals surface area contributed by atoms with Crippen LogP contribution in [0.4, 0.5) is 4.39 Å². The smallest absolute Gasteiger partial charge is 0.305 e. The van der Waals surface area contributed by atoms with Crippen LogP contribution in [-0.4, -0.2) is 19.3 Å². The average Bonchev–Trinajstić information content (AvgIpc) is 2.05. The number of hydrogen-bond acceptors (Lipinski definition) is 2. The molecule has 0 aromatic carbocycles. The van der Waals surface area contributed by atoms with Crippen molar-refractivity contribution < 1.29 is 13.9 Å². The van der Waals surface area contributed by atoms with Crippen molar-refractivity contribution in [2.75, 3.05) is 13.3 Å². The van der Waals surface area contributed by atoms with E-state index in [1.807, 2.05) is 0 Å². The van der Waals surface area contributed by atoms with Gasteiger partial charge in [-0.15, -0.1) is 0 Å². The van der Waals surface area contributed by atoms with Crippen molar-refractivity contribution in [2.24, 2.45) is 0 Å². The Balaban J connectivity index is 3.03. The van der Waals surface area contributed by atoms with Crippen LogP contribution >= 0.6 is 0 Å². The molecule has 0 aliphatic carbocycles. The minimum absolute atomic E-state index is 0.141. The molecule has 0 amide bonds. The molecule has 0 aromatic rings. The first kappa shape index (κ1) is 11.4. The summed E-state index contributed by atoms with van der Waals surface area (Å²) in [5.74, 6) is -0.141. The molecule has 0 unspecified atom stereocenters. The van der Waals surface area contributed by atoms with Gasteiger partial charge in [0.15, 0.2) is 0 Å². The lowest BCUT2D eigenvalue weighted by atomic mass is 10.1. The van der Waals surface area contributed by atoms with Gasteiger partial charge in [-0.25, -0.2) is 0 Å². The van der Waals surface area contributed by atoms with Crippen LogP contribution in [-0.2, 0) is 9.53 Å². The molecule has 0 fully saturated rings. The van der Waals surface area contributed by atoms with E-state index in [4.69, 9.17) is 4.74 Å². The minimum Gasteiger partial charge on any atom is -0.466 e. The summed E-state index contributed by atoms with van der Waals surface area (Å²) in [6.07, 6.45) is 3.69. The van der Waals surface area contributed by atoms with Gasteiger partial charge in [-0.05, 0) is 19.8 Å². The maximum atomic E-state index is 11.6. The molecule has 72 valence electrons. The van der Waals surface area contributed by atoms with Crippen molar-refractivity contribution >= 4 is 5.97 Å². The molecule has 3 heteroatoms. The zero-order chi connectivity index (χ0) is 9.23. The first-order valence-electron chi connectivity index (χ1n) is 4.52. The van der Waals surface area contributed by atoms with E-state index in [9.17, 15) is 9.18 Å². The highest BCUT2D eigenvalue weighted by atomic mass is 19.1. The van der Waals surface area contributed by atoms with Crippen molar-refractivity contribution in [1.29, 1.82) is 0 Å². The fraction of sp³-hybridized carbons (Fsp3) is 0.889. The van der Waals surface area contributed by atoms with Crippen LogP contribution in [0.1, 0.15) is 39.0 Å². The molecule has 0 aliphatic rings. The summed E-state index contributed by atoms with van der Waals surface area (Å²) >= 11 is 0. The van der Waals surface area contributed by atoms with Crippen molar-refractivity contribution in [3.8, 4) is 0 Å². The quantitative estimate of drug-likeness (QED) is 0.440. The third-order valence-electron chi connectivity index (χ3n) is 1.57. The average molecular weight is 176 g/mol. The van der Waals surface area contributed by atoms with Crippen molar-refractivity contribution in [2.45, 2.75) is 39.0 Å². The summed E-state index contributed by atoms with van der Waals surface area (Å²) in [5.41, 5.74) is 0. The Bertz CT molecular complexity index is 115. The number of ether oxygens (including phenoxy) is 1. The summed E-state index contributed by atoms with van der Waals surface area (Å²) in [5, 5.41) is 0. The molecule has 0 saturated carbocycles. The summed E-state index contributed by atoms with van der Waals surface area (Å²) < 4.78 is 16.3. The Labute approximate surface area is 73.1 Å². The zero-order valence-corrected chi connectivity index (χ0v) is 7.64. The molecule has 0 N–H and O–H groups in total. The van der Waals surface area contributed by atoms with Crippen LogP contribution in [0.25, 0.3) is 0 Å². The molecular formula is C9H17FO2. The molecule has 0 aromatic heterocycles. The second kappa shape index (κ2) is 8.50. The lowest BCUT2D eigenvalue weighted by Gasteiger charge is -2.00. The Morgan fingerprint density at radius 3 is 2.50 bits per heavy atom. The van der Waals surface area contributed by atoms with Crippen molar-refractivity contribution in [1.82, 2.24) is 0 Å². The summed E-state index contributed by atoms with van der Waals surface area (Å²) in [4.78, 5) is 10.8. The van der Waals surface area contributed by atoms with E-state index < -0.39 is 0 Å². The monoisotopic (exact) mass is 176 g/mol. The zero-order valence-electron chi connectivity index (χ0n) is 7.64. The Hall–Kier alpha value is -0.600. The fourth-order valence-corrected chi connectivity index (χ4v) is 0.951. The van der Waals surface area contributed by atoms with Gasteiger partial charge < -0.3 is 4.74 Å². The molecule has 0 radical (unpaired) electrons. The number of carbonyl (C=O) groups excluding carboxylic acids is 1. The van der Waals surface area contributed by atoms with Crippen LogP contribution < -0.4 is 0 Å². The molecule has 12 heavy (non-hydrogen) atoms. The molecule has 0 saturated heterocycles. The Kier molecular flexibility index (Phi) is 8.07. The molecule has 0 aliphatic heterocycles. The van der Waals surface area contributed by atoms with Crippen LogP contribution in [0.2, 0.25) is 0 Å². The summed E-state index contributed by atoms with van der Waals surface area (Å²) in [6.45, 7) is 1.99. The number of hydrogen-bond donors (Lipinski definition) is 0. The van der Waals surface area contributed by atoms with Crippen LogP contribution in [0.5, 0.6) is 0 Å². The van der Waals surface area contributed by atoms with Crippen molar-refractivity contribution in [3.63, 3.8) is 0 Å². The Morgan fingerprint density at radius 1 is 1.25 bits per heavy atom. The topological polar surface area (TPSA) is 26.3 Å². The van der Waals surface area contributed by atoms with E-state index >= 15 is 0 Å². The van der Waals surface area contributed by atoms with E-state index in [1.54, 1.807) is 6.92 Å². The number of rotatable bonds is 7. The van der Waals surface area contributed by atoms with Gasteiger partial charge in [-0.1, -0.05) is 12.8 Å². The lowest BCUT2D eigenvalue weighted by molar-refractivity contribution is -0.143. The van der Waals surface area contributed by atoms with Crippen LogP contribution in [0.3, 0.4) is 0 Å². The largest absolute Gasteiger partial charge is 0.466 e. The highest BCUT2D eigenvalue weighted by molar-refractivity contribution is 5.69. The molecule has 0 bridgehead atoms. The van der Waals surface area contributed by atoms with E-state index in [1.165, 1.54) is 0 Å². The summed E-state index contributed by atoms with van der Waals surface area (Å²) in [6, 6.07) is 0. The second-order valence-electron chi connectivity index (χ2n) is 2.66. The van der Waals surface area contributed by atoms with E-state index in [-0.39, 0.29) is 12.6 Å². The van der Waals surface area contributed by atoms with Crippen LogP contribution in [0.15, 0.2) is 0 Å². The first-order valence-corrected chi connectivity index (χ1v) is 4.52. The third kappa shape index (κ3) is 7.51. The Morgan fingerprint density at radius 2 is 1.92 bits per heavy atom. The first-order chi connectivity index (χ1) is 5.81. The third-order valence-corrected chi connectivity index (χ3v) is 1.57. The standard InChI is InChI=1S/C9H17FO2/c1-2-12-9(11)7-5-3-4-6-8-10/h2-8H2,1H3. The van der Waals surface area contributed by atoms with Gasteiger partial charge in [0.05, 0.1) is 13.3 Å². The fourth-order valence-electron chi connectivity index (χ4n) is 0.951. The van der Waals surface area contributed by atoms with Gasteiger partial charge in [0.1, 0.15) is 0 Å². The number of halogens is 1. The highest BCUT2D eigenvalue weighted by Crippen LogP contribution is 2.03. The predicted octanol–water partition coefficient (Wildman–Crippen LogP) is 2.47. The maximum absolute atomic E-state index is 11.6. The van der Waals surface area contributed by atoms with E-state index in [0.29, 0.717) is 19.4 Å². The summed E-state index contributed by atoms with van der Waals surface area (Å²) in [7, 11) is 0. The van der Waals surface area contributed by atoms with Gasteiger partial charge in [0.25, 0.3) is 0 Å². The van der Waals surface area contributed by atoms with E-state index in [0.717, 1.165) is 19.3 Å². The number of alkyl halides is 1. The predicted molar refractivity (Wildman–Crippen MR) is 45.7 cm³/mol. The maximum Gasteiger partial charge on any atom is 0.305 e. The van der Waals surface area contributed by atoms with Gasteiger partial charge in [0, 0.05) is 6.42 Å². The van der Waals surface area contributed by atoms with Gasteiger partial charge in [-0.3, -0.25) is 9.18 Å². The molecule has 0 heterocycles. The molecule has 0 spiro atoms. The minimum atomic E-state index is -0.251. The van der Waals surface area contributed by atoms with Gasteiger partial charge in [-0.2, -0.15) is 0 Å².